The molecule has 4 rings (SSSR count). The van der Waals surface area contributed by atoms with Gasteiger partial charge in [-0.1, -0.05) is 31.2 Å². The normalized spacial score (nSPS) is 12.7. The van der Waals surface area contributed by atoms with Crippen LogP contribution >= 0.6 is 0 Å². The highest BCUT2D eigenvalue weighted by Gasteiger charge is 2.20. The summed E-state index contributed by atoms with van der Waals surface area (Å²) in [6, 6.07) is 13.3. The number of nitrogens with zero attached hydrogens (tertiary/aromatic N) is 2. The molecule has 1 N–H and O–H groups in total. The van der Waals surface area contributed by atoms with E-state index >= 15 is 0 Å². The van der Waals surface area contributed by atoms with Gasteiger partial charge in [0, 0.05) is 29.2 Å². The van der Waals surface area contributed by atoms with Gasteiger partial charge in [0.05, 0.1) is 16.9 Å². The minimum atomic E-state index is -0.254. The van der Waals surface area contributed by atoms with Crippen molar-refractivity contribution in [2.24, 2.45) is 0 Å². The van der Waals surface area contributed by atoms with Gasteiger partial charge in [-0.3, -0.25) is 13.9 Å². The van der Waals surface area contributed by atoms with E-state index < -0.39 is 0 Å². The van der Waals surface area contributed by atoms with Crippen molar-refractivity contribution in [2.45, 2.75) is 39.8 Å². The van der Waals surface area contributed by atoms with E-state index in [9.17, 15) is 9.59 Å². The van der Waals surface area contributed by atoms with Gasteiger partial charge in [0.1, 0.15) is 0 Å². The lowest BCUT2D eigenvalue weighted by molar-refractivity contribution is 0.541. The Kier molecular flexibility index (Phi) is 4.22. The summed E-state index contributed by atoms with van der Waals surface area (Å²) in [7, 11) is 0. The van der Waals surface area contributed by atoms with Gasteiger partial charge in [-0.2, -0.15) is 0 Å². The zero-order valence-corrected chi connectivity index (χ0v) is 15.8. The molecule has 0 aliphatic rings. The number of nitrogens with one attached hydrogen (secondary N) is 1. The number of benzene rings is 2. The molecule has 0 aliphatic heterocycles. The summed E-state index contributed by atoms with van der Waals surface area (Å²) in [6.07, 6.45) is 2.70. The number of aromatic nitrogens is 3. The van der Waals surface area contributed by atoms with E-state index in [1.54, 1.807) is 10.6 Å². The van der Waals surface area contributed by atoms with Crippen molar-refractivity contribution in [3.8, 4) is 0 Å². The third kappa shape index (κ3) is 2.62. The largest absolute Gasteiger partial charge is 0.361 e. The van der Waals surface area contributed by atoms with E-state index in [-0.39, 0.29) is 17.3 Å². The predicted octanol–water partition coefficient (Wildman–Crippen LogP) is 3.97. The molecule has 0 saturated carbocycles. The maximum Gasteiger partial charge on any atom is 0.332 e. The lowest BCUT2D eigenvalue weighted by atomic mass is 10.0. The summed E-state index contributed by atoms with van der Waals surface area (Å²) in [5, 5.41) is 1.71. The summed E-state index contributed by atoms with van der Waals surface area (Å²) < 4.78 is 3.11. The van der Waals surface area contributed by atoms with Crippen LogP contribution in [-0.4, -0.2) is 14.1 Å². The fourth-order valence-electron chi connectivity index (χ4n) is 3.99. The SMILES string of the molecule is CCCn1c(=O)c2ccccc2n(C(C)c2c[nH]c3cccc(C)c23)c1=O. The van der Waals surface area contributed by atoms with E-state index in [1.165, 1.54) is 4.57 Å². The molecule has 0 amide bonds. The third-order valence-electron chi connectivity index (χ3n) is 5.31. The maximum absolute atomic E-state index is 13.3. The molecule has 5 heteroatoms. The van der Waals surface area contributed by atoms with E-state index in [2.05, 4.69) is 18.0 Å². The summed E-state index contributed by atoms with van der Waals surface area (Å²) in [5.74, 6) is 0. The highest BCUT2D eigenvalue weighted by molar-refractivity contribution is 5.87. The van der Waals surface area contributed by atoms with Crippen molar-refractivity contribution < 1.29 is 0 Å². The Balaban J connectivity index is 2.06. The summed E-state index contributed by atoms with van der Waals surface area (Å²) >= 11 is 0. The van der Waals surface area contributed by atoms with Gasteiger partial charge < -0.3 is 4.98 Å². The van der Waals surface area contributed by atoms with Gasteiger partial charge >= 0.3 is 5.69 Å². The minimum absolute atomic E-state index is 0.207. The molecule has 1 unspecified atom stereocenters. The summed E-state index contributed by atoms with van der Waals surface area (Å²) in [5.41, 5.74) is 3.48. The molecule has 0 aliphatic carbocycles. The molecule has 0 spiro atoms. The van der Waals surface area contributed by atoms with Crippen LogP contribution in [0.4, 0.5) is 0 Å². The number of H-pyrrole nitrogens is 1. The van der Waals surface area contributed by atoms with Crippen LogP contribution in [0.3, 0.4) is 0 Å². The van der Waals surface area contributed by atoms with Gasteiger partial charge in [-0.25, -0.2) is 4.79 Å². The monoisotopic (exact) mass is 361 g/mol. The summed E-state index contributed by atoms with van der Waals surface area (Å²) in [4.78, 5) is 29.4. The lowest BCUT2D eigenvalue weighted by Crippen LogP contribution is -2.41. The number of rotatable bonds is 4. The number of aromatic amines is 1. The van der Waals surface area contributed by atoms with Crippen LogP contribution in [-0.2, 0) is 6.54 Å². The molecular formula is C22H23N3O2. The van der Waals surface area contributed by atoms with Gasteiger partial charge in [0.25, 0.3) is 5.56 Å². The lowest BCUT2D eigenvalue weighted by Gasteiger charge is -2.20. The molecule has 2 heterocycles. The zero-order valence-electron chi connectivity index (χ0n) is 15.8. The smallest absolute Gasteiger partial charge is 0.332 e. The Hall–Kier alpha value is -3.08. The van der Waals surface area contributed by atoms with Crippen molar-refractivity contribution >= 4 is 21.8 Å². The van der Waals surface area contributed by atoms with Crippen LogP contribution in [0.15, 0.2) is 58.3 Å². The first-order valence-electron chi connectivity index (χ1n) is 9.35. The first-order chi connectivity index (χ1) is 13.0. The van der Waals surface area contributed by atoms with Crippen molar-refractivity contribution in [3.05, 3.63) is 80.6 Å². The van der Waals surface area contributed by atoms with Crippen molar-refractivity contribution in [1.82, 2.24) is 14.1 Å². The van der Waals surface area contributed by atoms with Gasteiger partial charge in [-0.05, 0) is 44.0 Å². The molecule has 0 fully saturated rings. The molecule has 1 atom stereocenters. The van der Waals surface area contributed by atoms with E-state index in [4.69, 9.17) is 0 Å². The molecule has 4 aromatic rings. The predicted molar refractivity (Wildman–Crippen MR) is 110 cm³/mol. The minimum Gasteiger partial charge on any atom is -0.361 e. The van der Waals surface area contributed by atoms with Crippen LogP contribution in [0.1, 0.15) is 37.4 Å². The fourth-order valence-corrected chi connectivity index (χ4v) is 3.99. The number of para-hydroxylation sites is 1. The van der Waals surface area contributed by atoms with Crippen LogP contribution in [0.2, 0.25) is 0 Å². The van der Waals surface area contributed by atoms with Gasteiger partial charge in [0.15, 0.2) is 0 Å². The van der Waals surface area contributed by atoms with Crippen LogP contribution in [0.25, 0.3) is 21.8 Å². The highest BCUT2D eigenvalue weighted by atomic mass is 16.2. The van der Waals surface area contributed by atoms with E-state index in [1.807, 2.05) is 50.4 Å². The van der Waals surface area contributed by atoms with Crippen LogP contribution in [0.5, 0.6) is 0 Å². The second kappa shape index (κ2) is 6.58. The Morgan fingerprint density at radius 2 is 1.85 bits per heavy atom. The van der Waals surface area contributed by atoms with E-state index in [0.717, 1.165) is 28.5 Å². The number of aryl methyl sites for hydroxylation is 1. The molecular weight excluding hydrogens is 338 g/mol. The first-order valence-corrected chi connectivity index (χ1v) is 9.35. The molecule has 2 aromatic carbocycles. The van der Waals surface area contributed by atoms with Crippen molar-refractivity contribution in [1.29, 1.82) is 0 Å². The molecule has 0 bridgehead atoms. The van der Waals surface area contributed by atoms with Crippen molar-refractivity contribution in [3.63, 3.8) is 0 Å². The number of fused-ring (bicyclic) bond motifs is 2. The molecule has 0 radical (unpaired) electrons. The Labute approximate surface area is 156 Å². The Bertz CT molecular complexity index is 1260. The maximum atomic E-state index is 13.3. The topological polar surface area (TPSA) is 59.8 Å². The van der Waals surface area contributed by atoms with Gasteiger partial charge in [-0.15, -0.1) is 0 Å². The zero-order chi connectivity index (χ0) is 19.1. The van der Waals surface area contributed by atoms with Crippen molar-refractivity contribution in [2.75, 3.05) is 0 Å². The second-order valence-electron chi connectivity index (χ2n) is 7.04. The summed E-state index contributed by atoms with van der Waals surface area (Å²) in [6.45, 7) is 6.48. The first kappa shape index (κ1) is 17.3. The molecule has 27 heavy (non-hydrogen) atoms. The molecule has 5 nitrogen and oxygen atoms in total. The fraction of sp³-hybridized carbons (Fsp3) is 0.273. The van der Waals surface area contributed by atoms with Crippen LogP contribution < -0.4 is 11.2 Å². The quantitative estimate of drug-likeness (QED) is 0.598. The number of hydrogen-bond donors (Lipinski definition) is 1. The van der Waals surface area contributed by atoms with E-state index in [0.29, 0.717) is 17.4 Å². The van der Waals surface area contributed by atoms with Crippen LogP contribution in [0, 0.1) is 6.92 Å². The van der Waals surface area contributed by atoms with Gasteiger partial charge in [0.2, 0.25) is 0 Å². The highest BCUT2D eigenvalue weighted by Crippen LogP contribution is 2.29. The standard InChI is InChI=1S/C22H23N3O2/c1-4-12-24-21(26)16-9-5-6-11-19(16)25(22(24)27)15(3)17-13-23-18-10-7-8-14(2)20(17)18/h5-11,13,15,23H,4,12H2,1-3H3. The molecule has 138 valence electrons. The third-order valence-corrected chi connectivity index (χ3v) is 5.31. The molecule has 2 aromatic heterocycles. The number of hydrogen-bond acceptors (Lipinski definition) is 2. The average Bonchev–Trinajstić information content (AvgIpc) is 3.11. The Morgan fingerprint density at radius 3 is 2.63 bits per heavy atom. The molecule has 0 saturated heterocycles. The second-order valence-corrected chi connectivity index (χ2v) is 7.04. The average molecular weight is 361 g/mol. The Morgan fingerprint density at radius 1 is 1.07 bits per heavy atom.